The predicted octanol–water partition coefficient (Wildman–Crippen LogP) is 9.09. The van der Waals surface area contributed by atoms with Crippen LogP contribution in [-0.2, 0) is 20.5 Å². The molecular formula is C44H48Cl2N6O5. The number of amides is 1. The lowest BCUT2D eigenvalue weighted by atomic mass is 9.98. The first-order valence-electron chi connectivity index (χ1n) is 19.4. The summed E-state index contributed by atoms with van der Waals surface area (Å²) < 4.78 is 18.5. The van der Waals surface area contributed by atoms with Crippen molar-refractivity contribution >= 4 is 62.6 Å². The van der Waals surface area contributed by atoms with Crippen molar-refractivity contribution in [2.75, 3.05) is 38.2 Å². The van der Waals surface area contributed by atoms with Gasteiger partial charge >= 0.3 is 5.97 Å². The number of aryl methyl sites for hydroxylation is 6. The summed E-state index contributed by atoms with van der Waals surface area (Å²) in [5.74, 6) is 0.137. The molecule has 1 saturated heterocycles. The number of likely N-dealkylation sites (N-methyl/N-ethyl adjacent to an activating group) is 1. The fraction of sp³-hybridized carbons (Fsp3) is 0.386. The van der Waals surface area contributed by atoms with Gasteiger partial charge in [0.25, 0.3) is 5.91 Å². The van der Waals surface area contributed by atoms with Gasteiger partial charge in [0.05, 0.1) is 34.0 Å². The molecule has 2 atom stereocenters. The second-order valence-corrected chi connectivity index (χ2v) is 16.6. The van der Waals surface area contributed by atoms with Crippen molar-refractivity contribution < 1.29 is 24.2 Å². The van der Waals surface area contributed by atoms with Gasteiger partial charge in [0.15, 0.2) is 0 Å². The monoisotopic (exact) mass is 810 g/mol. The van der Waals surface area contributed by atoms with Crippen LogP contribution in [0.5, 0.6) is 11.5 Å². The molecule has 1 N–H and O–H groups in total. The number of carbonyl (C=O) groups excluding carboxylic acids is 1. The van der Waals surface area contributed by atoms with Crippen LogP contribution in [0, 0.1) is 27.7 Å². The van der Waals surface area contributed by atoms with E-state index in [1.54, 1.807) is 17.7 Å². The number of ether oxygens (including phenoxy) is 2. The Hall–Kier alpha value is -4.97. The molecule has 0 bridgehead atoms. The third kappa shape index (κ3) is 6.63. The lowest BCUT2D eigenvalue weighted by molar-refractivity contribution is 0.0687. The Morgan fingerprint density at radius 2 is 1.68 bits per heavy atom. The van der Waals surface area contributed by atoms with E-state index in [1.807, 2.05) is 80.7 Å². The van der Waals surface area contributed by atoms with Gasteiger partial charge in [0, 0.05) is 78.5 Å². The molecule has 5 heterocycles. The quantitative estimate of drug-likeness (QED) is 0.138. The van der Waals surface area contributed by atoms with Crippen LogP contribution in [-0.4, -0.2) is 80.2 Å². The number of aromatic nitrogens is 4. The molecule has 0 radical (unpaired) electrons. The predicted molar refractivity (Wildman–Crippen MR) is 226 cm³/mol. The van der Waals surface area contributed by atoms with Crippen molar-refractivity contribution in [1.82, 2.24) is 23.8 Å². The van der Waals surface area contributed by atoms with E-state index in [1.165, 1.54) is 0 Å². The second-order valence-electron chi connectivity index (χ2n) is 15.8. The maximum Gasteiger partial charge on any atom is 0.352 e. The van der Waals surface area contributed by atoms with Gasteiger partial charge < -0.3 is 33.5 Å². The number of halogens is 2. The third-order valence-corrected chi connectivity index (χ3v) is 12.7. The number of carbonyl (C=O) groups is 2. The molecule has 1 fully saturated rings. The molecule has 13 heteroatoms. The number of anilines is 1. The van der Waals surface area contributed by atoms with Crippen molar-refractivity contribution in [3.63, 3.8) is 0 Å². The fourth-order valence-corrected chi connectivity index (χ4v) is 9.41. The minimum Gasteiger partial charge on any atom is -0.494 e. The number of fused-ring (bicyclic) bond motifs is 4. The first kappa shape index (κ1) is 38.9. The van der Waals surface area contributed by atoms with Gasteiger partial charge in [0.2, 0.25) is 0 Å². The number of hydrogen-bond donors (Lipinski definition) is 1. The molecule has 1 amide bonds. The smallest absolute Gasteiger partial charge is 0.352 e. The molecule has 8 rings (SSSR count). The summed E-state index contributed by atoms with van der Waals surface area (Å²) >= 11 is 13.6. The molecule has 57 heavy (non-hydrogen) atoms. The maximum atomic E-state index is 15.4. The van der Waals surface area contributed by atoms with Gasteiger partial charge in [-0.15, -0.1) is 0 Å². The normalized spacial score (nSPS) is 17.3. The van der Waals surface area contributed by atoms with Gasteiger partial charge in [-0.1, -0.05) is 29.3 Å². The van der Waals surface area contributed by atoms with Crippen molar-refractivity contribution in [3.05, 3.63) is 92.0 Å². The van der Waals surface area contributed by atoms with Crippen LogP contribution in [0.4, 0.5) is 5.69 Å². The van der Waals surface area contributed by atoms with E-state index in [4.69, 9.17) is 37.8 Å². The number of rotatable bonds is 10. The Bertz CT molecular complexity index is 2600. The molecule has 0 saturated carbocycles. The number of benzene rings is 3. The molecule has 298 valence electrons. The lowest BCUT2D eigenvalue weighted by Gasteiger charge is -2.35. The summed E-state index contributed by atoms with van der Waals surface area (Å²) in [6.07, 6.45) is 2.06. The standard InChI is InChI=1S/C44H48Cl2N6O5/c1-23-16-30(17-24(2)39(23)46)56-15-9-10-32-33-11-12-34(45)38(37-26(4)47-50(8)27(37)5)41(33)52-25(3)21-51(43(53)42(32)52)35-20-31(57-29-13-14-48(6)22-29)18-28-19-36(44(54)55)49(7)40(28)35/h11-12,16-20,25,29H,9-10,13-15,21-22H2,1-8H3,(H,54,55)/t25-,29?/m1/s1. The van der Waals surface area contributed by atoms with Gasteiger partial charge in [-0.05, 0) is 108 Å². The van der Waals surface area contributed by atoms with E-state index < -0.39 is 5.97 Å². The van der Waals surface area contributed by atoms with E-state index in [-0.39, 0.29) is 23.7 Å². The van der Waals surface area contributed by atoms with Gasteiger partial charge in [0.1, 0.15) is 29.0 Å². The topological polar surface area (TPSA) is 107 Å². The number of nitrogens with zero attached hydrogens (tertiary/aromatic N) is 6. The summed E-state index contributed by atoms with van der Waals surface area (Å²) in [6.45, 7) is 12.6. The molecule has 3 aromatic heterocycles. The van der Waals surface area contributed by atoms with Gasteiger partial charge in [-0.2, -0.15) is 5.10 Å². The van der Waals surface area contributed by atoms with Crippen LogP contribution >= 0.6 is 23.2 Å². The zero-order chi connectivity index (χ0) is 40.6. The molecule has 2 aliphatic heterocycles. The zero-order valence-electron chi connectivity index (χ0n) is 33.7. The Balaban J connectivity index is 1.28. The van der Waals surface area contributed by atoms with Crippen LogP contribution < -0.4 is 14.4 Å². The molecule has 1 unspecified atom stereocenters. The molecule has 11 nitrogen and oxygen atoms in total. The highest BCUT2D eigenvalue weighted by Gasteiger charge is 2.38. The minimum absolute atomic E-state index is 0.0152. The highest BCUT2D eigenvalue weighted by atomic mass is 35.5. The summed E-state index contributed by atoms with van der Waals surface area (Å²) in [6, 6.07) is 13.1. The summed E-state index contributed by atoms with van der Waals surface area (Å²) in [5, 5.41) is 17.9. The fourth-order valence-electron chi connectivity index (χ4n) is 9.05. The molecule has 3 aromatic carbocycles. The summed E-state index contributed by atoms with van der Waals surface area (Å²) in [7, 11) is 5.73. The van der Waals surface area contributed by atoms with E-state index in [2.05, 4.69) is 23.4 Å². The molecular weight excluding hydrogens is 763 g/mol. The molecule has 2 aliphatic rings. The van der Waals surface area contributed by atoms with E-state index in [9.17, 15) is 9.90 Å². The first-order chi connectivity index (χ1) is 27.1. The second kappa shape index (κ2) is 14.8. The Morgan fingerprint density at radius 1 is 0.947 bits per heavy atom. The van der Waals surface area contributed by atoms with Crippen LogP contribution in [0.2, 0.25) is 10.0 Å². The summed E-state index contributed by atoms with van der Waals surface area (Å²) in [5.41, 5.74) is 9.32. The highest BCUT2D eigenvalue weighted by molar-refractivity contribution is 6.35. The molecule has 0 spiro atoms. The van der Waals surface area contributed by atoms with Crippen molar-refractivity contribution in [3.8, 4) is 22.6 Å². The minimum atomic E-state index is -1.04. The first-order valence-corrected chi connectivity index (χ1v) is 20.2. The SMILES string of the molecule is Cc1cc(OCCCc2c3n(c4c(-c5c(C)nn(C)c5C)c(Cl)ccc24)[C@H](C)CN(c2cc(OC4CCN(C)C4)cc4cc(C(=O)O)n(C)c24)C3=O)cc(C)c1Cl. The van der Waals surface area contributed by atoms with Crippen molar-refractivity contribution in [2.45, 2.75) is 66.0 Å². The van der Waals surface area contributed by atoms with Crippen LogP contribution in [0.1, 0.15) is 74.9 Å². The van der Waals surface area contributed by atoms with E-state index in [0.717, 1.165) is 80.4 Å². The Kier molecular flexibility index (Phi) is 10.1. The number of carboxylic acids is 1. The Morgan fingerprint density at radius 3 is 2.33 bits per heavy atom. The lowest BCUT2D eigenvalue weighted by Crippen LogP contribution is -2.43. The number of hydrogen-bond acceptors (Lipinski definition) is 6. The maximum absolute atomic E-state index is 15.4. The van der Waals surface area contributed by atoms with Crippen LogP contribution in [0.3, 0.4) is 0 Å². The summed E-state index contributed by atoms with van der Waals surface area (Å²) in [4.78, 5) is 31.9. The Labute approximate surface area is 342 Å². The molecule has 0 aliphatic carbocycles. The molecule has 6 aromatic rings. The van der Waals surface area contributed by atoms with Crippen LogP contribution in [0.25, 0.3) is 32.9 Å². The largest absolute Gasteiger partial charge is 0.494 e. The van der Waals surface area contributed by atoms with Gasteiger partial charge in [-0.25, -0.2) is 4.79 Å². The van der Waals surface area contributed by atoms with Crippen molar-refractivity contribution in [2.24, 2.45) is 14.1 Å². The zero-order valence-corrected chi connectivity index (χ0v) is 35.2. The van der Waals surface area contributed by atoms with Gasteiger partial charge in [-0.3, -0.25) is 9.48 Å². The number of carboxylic acid groups (broad SMARTS) is 1. The third-order valence-electron chi connectivity index (χ3n) is 11.8. The van der Waals surface area contributed by atoms with E-state index >= 15 is 4.79 Å². The average molecular weight is 812 g/mol. The average Bonchev–Trinajstić information content (AvgIpc) is 3.89. The highest BCUT2D eigenvalue weighted by Crippen LogP contribution is 2.46. The number of aromatic carboxylic acids is 1. The number of likely N-dealkylation sites (tertiary alicyclic amines) is 1. The van der Waals surface area contributed by atoms with E-state index in [0.29, 0.717) is 59.0 Å². The van der Waals surface area contributed by atoms with Crippen molar-refractivity contribution in [1.29, 1.82) is 0 Å². The van der Waals surface area contributed by atoms with Crippen LogP contribution in [0.15, 0.2) is 42.5 Å².